The standard InChI is InChI=1S/C12H24/c1-4-5-6-7-11-8-9-12(11)10(2)3/h10-12H,4-9H2,1-3H3. The summed E-state index contributed by atoms with van der Waals surface area (Å²) in [5, 5.41) is 0. The fourth-order valence-corrected chi connectivity index (χ4v) is 2.49. The van der Waals surface area contributed by atoms with Gasteiger partial charge in [-0.25, -0.2) is 0 Å². The van der Waals surface area contributed by atoms with Crippen LogP contribution >= 0.6 is 0 Å². The molecular formula is C12H24. The molecule has 1 fully saturated rings. The topological polar surface area (TPSA) is 0 Å². The van der Waals surface area contributed by atoms with Crippen molar-refractivity contribution in [2.24, 2.45) is 17.8 Å². The first kappa shape index (κ1) is 10.1. The molecule has 0 saturated heterocycles. The molecule has 0 heterocycles. The van der Waals surface area contributed by atoms with Gasteiger partial charge in [0.05, 0.1) is 0 Å². The predicted octanol–water partition coefficient (Wildman–Crippen LogP) is 4.25. The summed E-state index contributed by atoms with van der Waals surface area (Å²) in [7, 11) is 0. The molecule has 0 bridgehead atoms. The van der Waals surface area contributed by atoms with Gasteiger partial charge in [-0.05, 0) is 30.6 Å². The molecule has 1 rings (SSSR count). The van der Waals surface area contributed by atoms with E-state index >= 15 is 0 Å². The molecule has 0 N–H and O–H groups in total. The summed E-state index contributed by atoms with van der Waals surface area (Å²) in [6.07, 6.45) is 8.84. The van der Waals surface area contributed by atoms with E-state index in [4.69, 9.17) is 0 Å². The maximum Gasteiger partial charge on any atom is -0.0363 e. The number of unbranched alkanes of at least 4 members (excludes halogenated alkanes) is 2. The summed E-state index contributed by atoms with van der Waals surface area (Å²) in [6.45, 7) is 7.06. The second-order valence-corrected chi connectivity index (χ2v) is 4.74. The molecule has 0 nitrogen and oxygen atoms in total. The van der Waals surface area contributed by atoms with Gasteiger partial charge in [0.2, 0.25) is 0 Å². The van der Waals surface area contributed by atoms with Crippen LogP contribution in [0.15, 0.2) is 0 Å². The third-order valence-electron chi connectivity index (χ3n) is 3.51. The van der Waals surface area contributed by atoms with Gasteiger partial charge in [-0.15, -0.1) is 0 Å². The van der Waals surface area contributed by atoms with Gasteiger partial charge in [0.1, 0.15) is 0 Å². The number of rotatable bonds is 5. The van der Waals surface area contributed by atoms with Crippen LogP contribution < -0.4 is 0 Å². The first-order chi connectivity index (χ1) is 5.75. The largest absolute Gasteiger partial charge is 0.0654 e. The van der Waals surface area contributed by atoms with Crippen LogP contribution in [0.3, 0.4) is 0 Å². The van der Waals surface area contributed by atoms with Crippen LogP contribution in [0, 0.1) is 17.8 Å². The Kier molecular flexibility index (Phi) is 4.11. The van der Waals surface area contributed by atoms with Gasteiger partial charge in [-0.2, -0.15) is 0 Å². The van der Waals surface area contributed by atoms with Crippen LogP contribution in [-0.2, 0) is 0 Å². The highest BCUT2D eigenvalue weighted by molar-refractivity contribution is 4.82. The molecule has 1 saturated carbocycles. The van der Waals surface area contributed by atoms with Gasteiger partial charge in [-0.1, -0.05) is 46.5 Å². The van der Waals surface area contributed by atoms with Crippen molar-refractivity contribution in [3.8, 4) is 0 Å². The Morgan fingerprint density at radius 3 is 2.33 bits per heavy atom. The Morgan fingerprint density at radius 2 is 1.92 bits per heavy atom. The Morgan fingerprint density at radius 1 is 1.17 bits per heavy atom. The zero-order valence-electron chi connectivity index (χ0n) is 8.97. The van der Waals surface area contributed by atoms with Crippen molar-refractivity contribution < 1.29 is 0 Å². The summed E-state index contributed by atoms with van der Waals surface area (Å²) in [5.41, 5.74) is 0. The average molecular weight is 168 g/mol. The second kappa shape index (κ2) is 4.89. The van der Waals surface area contributed by atoms with Gasteiger partial charge in [0.25, 0.3) is 0 Å². The van der Waals surface area contributed by atoms with E-state index in [0.29, 0.717) is 0 Å². The van der Waals surface area contributed by atoms with E-state index in [1.807, 2.05) is 0 Å². The first-order valence-corrected chi connectivity index (χ1v) is 5.75. The Bertz CT molecular complexity index is 115. The van der Waals surface area contributed by atoms with Crippen LogP contribution in [0.4, 0.5) is 0 Å². The van der Waals surface area contributed by atoms with E-state index in [9.17, 15) is 0 Å². The Labute approximate surface area is 77.7 Å². The second-order valence-electron chi connectivity index (χ2n) is 4.74. The minimum atomic E-state index is 0.936. The Hall–Kier alpha value is 0. The van der Waals surface area contributed by atoms with E-state index < -0.39 is 0 Å². The number of hydrogen-bond acceptors (Lipinski definition) is 0. The minimum Gasteiger partial charge on any atom is -0.0654 e. The maximum absolute atomic E-state index is 2.39. The lowest BCUT2D eigenvalue weighted by molar-refractivity contribution is 0.110. The lowest BCUT2D eigenvalue weighted by Crippen LogP contribution is -2.29. The van der Waals surface area contributed by atoms with Crippen molar-refractivity contribution in [2.45, 2.75) is 59.3 Å². The van der Waals surface area contributed by atoms with Crippen molar-refractivity contribution in [2.75, 3.05) is 0 Å². The molecule has 0 heteroatoms. The SMILES string of the molecule is CCCCCC1CCC1C(C)C. The van der Waals surface area contributed by atoms with Gasteiger partial charge < -0.3 is 0 Å². The fourth-order valence-electron chi connectivity index (χ4n) is 2.49. The van der Waals surface area contributed by atoms with Crippen LogP contribution in [0.5, 0.6) is 0 Å². The number of hydrogen-bond donors (Lipinski definition) is 0. The normalized spacial score (nSPS) is 29.0. The lowest BCUT2D eigenvalue weighted by atomic mass is 9.66. The van der Waals surface area contributed by atoms with Crippen molar-refractivity contribution in [1.82, 2.24) is 0 Å². The zero-order valence-corrected chi connectivity index (χ0v) is 8.97. The molecule has 2 atom stereocenters. The van der Waals surface area contributed by atoms with Gasteiger partial charge in [0.15, 0.2) is 0 Å². The minimum absolute atomic E-state index is 0.936. The third-order valence-corrected chi connectivity index (χ3v) is 3.51. The van der Waals surface area contributed by atoms with Crippen LogP contribution in [0.25, 0.3) is 0 Å². The van der Waals surface area contributed by atoms with E-state index in [1.165, 1.54) is 38.5 Å². The first-order valence-electron chi connectivity index (χ1n) is 5.75. The monoisotopic (exact) mass is 168 g/mol. The lowest BCUT2D eigenvalue weighted by Gasteiger charge is -2.39. The third kappa shape index (κ3) is 2.50. The summed E-state index contributed by atoms with van der Waals surface area (Å²) >= 11 is 0. The molecule has 72 valence electrons. The molecule has 0 radical (unpaired) electrons. The van der Waals surface area contributed by atoms with Gasteiger partial charge in [-0.3, -0.25) is 0 Å². The highest BCUT2D eigenvalue weighted by atomic mass is 14.4. The van der Waals surface area contributed by atoms with Crippen molar-refractivity contribution in [3.05, 3.63) is 0 Å². The van der Waals surface area contributed by atoms with Crippen LogP contribution in [-0.4, -0.2) is 0 Å². The molecule has 0 aromatic carbocycles. The highest BCUT2D eigenvalue weighted by Gasteiger charge is 2.31. The summed E-state index contributed by atoms with van der Waals surface area (Å²) in [6, 6.07) is 0. The van der Waals surface area contributed by atoms with Crippen molar-refractivity contribution >= 4 is 0 Å². The van der Waals surface area contributed by atoms with Crippen LogP contribution in [0.1, 0.15) is 59.3 Å². The summed E-state index contributed by atoms with van der Waals surface area (Å²) < 4.78 is 0. The molecule has 12 heavy (non-hydrogen) atoms. The Balaban J connectivity index is 2.08. The van der Waals surface area contributed by atoms with Crippen molar-refractivity contribution in [3.63, 3.8) is 0 Å². The predicted molar refractivity (Wildman–Crippen MR) is 55.2 cm³/mol. The molecule has 2 unspecified atom stereocenters. The van der Waals surface area contributed by atoms with Crippen molar-refractivity contribution in [1.29, 1.82) is 0 Å². The molecule has 0 aromatic rings. The molecule has 1 aliphatic rings. The molecule has 0 aliphatic heterocycles. The quantitative estimate of drug-likeness (QED) is 0.538. The maximum atomic E-state index is 2.39. The summed E-state index contributed by atoms with van der Waals surface area (Å²) in [5.74, 6) is 3.10. The molecular weight excluding hydrogens is 144 g/mol. The van der Waals surface area contributed by atoms with Gasteiger partial charge >= 0.3 is 0 Å². The van der Waals surface area contributed by atoms with Gasteiger partial charge in [0, 0.05) is 0 Å². The van der Waals surface area contributed by atoms with E-state index in [2.05, 4.69) is 20.8 Å². The molecule has 1 aliphatic carbocycles. The van der Waals surface area contributed by atoms with E-state index in [0.717, 1.165) is 17.8 Å². The average Bonchev–Trinajstić information content (AvgIpc) is 1.94. The van der Waals surface area contributed by atoms with E-state index in [1.54, 1.807) is 0 Å². The molecule has 0 aromatic heterocycles. The van der Waals surface area contributed by atoms with E-state index in [-0.39, 0.29) is 0 Å². The summed E-state index contributed by atoms with van der Waals surface area (Å²) in [4.78, 5) is 0. The molecule has 0 amide bonds. The molecule has 0 spiro atoms. The smallest absolute Gasteiger partial charge is 0.0363 e. The fraction of sp³-hybridized carbons (Fsp3) is 1.00. The van der Waals surface area contributed by atoms with Crippen LogP contribution in [0.2, 0.25) is 0 Å². The zero-order chi connectivity index (χ0) is 8.97. The highest BCUT2D eigenvalue weighted by Crippen LogP contribution is 2.42.